The fraction of sp³-hybridized carbons (Fsp3) is 0.500. The zero-order chi connectivity index (χ0) is 40.8. The smallest absolute Gasteiger partial charge is 0.407 e. The Balaban J connectivity index is 0.944. The van der Waals surface area contributed by atoms with Crippen LogP contribution in [0.4, 0.5) is 9.59 Å². The largest absolute Gasteiger partial charge is 0.453 e. The Morgan fingerprint density at radius 3 is 1.31 bits per heavy atom. The average molecular weight is 791 g/mol. The van der Waals surface area contributed by atoms with Gasteiger partial charge in [0.25, 0.3) is 0 Å². The Morgan fingerprint density at radius 2 is 0.966 bits per heavy atom. The lowest BCUT2D eigenvalue weighted by atomic mass is 9.97. The number of ether oxygens (including phenoxy) is 2. The third kappa shape index (κ3) is 7.68. The van der Waals surface area contributed by atoms with Crippen LogP contribution in [0.15, 0.2) is 60.9 Å². The second-order valence-corrected chi connectivity index (χ2v) is 17.0. The number of carbonyl (C=O) groups excluding carboxylic acids is 4. The van der Waals surface area contributed by atoms with Crippen molar-refractivity contribution >= 4 is 24.0 Å². The van der Waals surface area contributed by atoms with E-state index in [4.69, 9.17) is 19.4 Å². The number of imidazole rings is 2. The fourth-order valence-corrected chi connectivity index (χ4v) is 9.13. The number of nitrogens with zero attached hydrogens (tertiary/aromatic N) is 4. The van der Waals surface area contributed by atoms with E-state index in [1.165, 1.54) is 14.2 Å². The zero-order valence-corrected chi connectivity index (χ0v) is 34.0. The van der Waals surface area contributed by atoms with E-state index in [-0.39, 0.29) is 47.8 Å². The number of H-pyrrole nitrogens is 2. The first-order chi connectivity index (χ1) is 27.9. The minimum Gasteiger partial charge on any atom is -0.453 e. The number of piperidine rings is 2. The van der Waals surface area contributed by atoms with Gasteiger partial charge in [0.2, 0.25) is 11.8 Å². The maximum atomic E-state index is 13.9. The van der Waals surface area contributed by atoms with E-state index in [0.29, 0.717) is 11.8 Å². The maximum absolute atomic E-state index is 13.9. The molecule has 58 heavy (non-hydrogen) atoms. The average Bonchev–Trinajstić information content (AvgIpc) is 4.09. The summed E-state index contributed by atoms with van der Waals surface area (Å²) in [6.45, 7) is 7.71. The summed E-state index contributed by atoms with van der Waals surface area (Å²) in [6, 6.07) is 15.2. The van der Waals surface area contributed by atoms with Crippen molar-refractivity contribution in [2.45, 2.75) is 102 Å². The maximum Gasteiger partial charge on any atom is 0.407 e. The molecule has 2 aromatic heterocycles. The van der Waals surface area contributed by atoms with Gasteiger partial charge in [-0.25, -0.2) is 19.6 Å². The van der Waals surface area contributed by atoms with Gasteiger partial charge in [-0.05, 0) is 84.5 Å². The first-order valence-electron chi connectivity index (χ1n) is 20.6. The van der Waals surface area contributed by atoms with Gasteiger partial charge in [-0.1, -0.05) is 76.2 Å². The normalized spacial score (nSPS) is 24.3. The highest BCUT2D eigenvalue weighted by Crippen LogP contribution is 2.51. The molecule has 0 bridgehead atoms. The summed E-state index contributed by atoms with van der Waals surface area (Å²) < 4.78 is 9.64. The van der Waals surface area contributed by atoms with E-state index >= 15 is 0 Å². The molecule has 2 saturated carbocycles. The second kappa shape index (κ2) is 15.9. The van der Waals surface area contributed by atoms with Crippen LogP contribution in [0.3, 0.4) is 0 Å². The Hall–Kier alpha value is -5.66. The number of rotatable bonds is 11. The predicted molar refractivity (Wildman–Crippen MR) is 217 cm³/mol. The molecule has 14 nitrogen and oxygen atoms in total. The number of likely N-dealkylation sites (tertiary alicyclic amines) is 2. The summed E-state index contributed by atoms with van der Waals surface area (Å²) in [5.74, 6) is 2.12. The van der Waals surface area contributed by atoms with Crippen LogP contribution in [0.25, 0.3) is 33.6 Å². The molecular formula is C44H54N8O6. The van der Waals surface area contributed by atoms with Gasteiger partial charge < -0.3 is 39.9 Å². The number of benzene rings is 2. The van der Waals surface area contributed by atoms with Gasteiger partial charge in [-0.3, -0.25) is 9.59 Å². The van der Waals surface area contributed by atoms with Gasteiger partial charge in [0, 0.05) is 12.1 Å². The molecule has 0 spiro atoms. The number of aromatic nitrogens is 4. The van der Waals surface area contributed by atoms with Crippen molar-refractivity contribution in [3.63, 3.8) is 0 Å². The van der Waals surface area contributed by atoms with Crippen LogP contribution < -0.4 is 10.6 Å². The SMILES string of the molecule is COC(=O)NC(C(=O)N1C(c2ncc(-c3ccc(-c4ccc(-c5cnc(C6CCC7CC7N6C(=O)C(NC(=O)OC)C(C)C)[nH]5)cc4)cc3)[nH]2)CCC2CC21)C(C)C. The first kappa shape index (κ1) is 39.2. The number of fused-ring (bicyclic) bond motifs is 2. The molecule has 8 rings (SSSR count). The van der Waals surface area contributed by atoms with Crippen LogP contribution in [-0.4, -0.2) is 92.1 Å². The molecular weight excluding hydrogens is 737 g/mol. The molecule has 2 aliphatic heterocycles. The van der Waals surface area contributed by atoms with Crippen LogP contribution in [0.5, 0.6) is 0 Å². The lowest BCUT2D eigenvalue weighted by Gasteiger charge is -2.37. The fourth-order valence-electron chi connectivity index (χ4n) is 9.13. The van der Waals surface area contributed by atoms with E-state index in [0.717, 1.165) is 83.8 Å². The van der Waals surface area contributed by atoms with Crippen molar-refractivity contribution in [2.24, 2.45) is 23.7 Å². The van der Waals surface area contributed by atoms with Gasteiger partial charge >= 0.3 is 12.2 Å². The molecule has 4 N–H and O–H groups in total. The molecule has 8 unspecified atom stereocenters. The molecule has 2 aromatic carbocycles. The number of amides is 4. The second-order valence-electron chi connectivity index (χ2n) is 17.0. The molecule has 4 heterocycles. The molecule has 4 aromatic rings. The number of hydrogen-bond acceptors (Lipinski definition) is 8. The minimum absolute atomic E-state index is 0.0934. The van der Waals surface area contributed by atoms with Crippen LogP contribution in [0, 0.1) is 23.7 Å². The Labute approximate surface area is 338 Å². The van der Waals surface area contributed by atoms with Crippen molar-refractivity contribution in [3.8, 4) is 33.6 Å². The Kier molecular flexibility index (Phi) is 10.8. The van der Waals surface area contributed by atoms with Gasteiger partial charge in [-0.15, -0.1) is 0 Å². The monoisotopic (exact) mass is 790 g/mol. The summed E-state index contributed by atoms with van der Waals surface area (Å²) in [5, 5.41) is 5.51. The molecule has 4 amide bonds. The molecule has 2 saturated heterocycles. The number of carbonyl (C=O) groups is 4. The Bertz CT molecular complexity index is 1990. The Morgan fingerprint density at radius 1 is 0.603 bits per heavy atom. The van der Waals surface area contributed by atoms with E-state index < -0.39 is 24.3 Å². The lowest BCUT2D eigenvalue weighted by molar-refractivity contribution is -0.140. The van der Waals surface area contributed by atoms with Crippen molar-refractivity contribution < 1.29 is 28.7 Å². The predicted octanol–water partition coefficient (Wildman–Crippen LogP) is 7.00. The van der Waals surface area contributed by atoms with Gasteiger partial charge in [0.1, 0.15) is 23.7 Å². The molecule has 306 valence electrons. The summed E-state index contributed by atoms with van der Waals surface area (Å²) in [7, 11) is 2.61. The van der Waals surface area contributed by atoms with E-state index in [9.17, 15) is 19.2 Å². The summed E-state index contributed by atoms with van der Waals surface area (Å²) in [4.78, 5) is 72.6. The van der Waals surface area contributed by atoms with E-state index in [1.54, 1.807) is 0 Å². The summed E-state index contributed by atoms with van der Waals surface area (Å²) >= 11 is 0. The minimum atomic E-state index is -0.681. The van der Waals surface area contributed by atoms with Crippen LogP contribution in [-0.2, 0) is 19.1 Å². The van der Waals surface area contributed by atoms with Crippen LogP contribution >= 0.6 is 0 Å². The summed E-state index contributed by atoms with van der Waals surface area (Å²) in [5.41, 5.74) is 5.86. The molecule has 0 radical (unpaired) electrons. The zero-order valence-electron chi connectivity index (χ0n) is 34.0. The van der Waals surface area contributed by atoms with Crippen molar-refractivity contribution in [3.05, 3.63) is 72.6 Å². The molecule has 2 aliphatic carbocycles. The van der Waals surface area contributed by atoms with Crippen molar-refractivity contribution in [1.29, 1.82) is 0 Å². The lowest BCUT2D eigenvalue weighted by Crippen LogP contribution is -2.54. The highest BCUT2D eigenvalue weighted by molar-refractivity contribution is 5.88. The number of methoxy groups -OCH3 is 2. The number of alkyl carbamates (subject to hydrolysis) is 2. The van der Waals surface area contributed by atoms with Crippen molar-refractivity contribution in [1.82, 2.24) is 40.4 Å². The summed E-state index contributed by atoms with van der Waals surface area (Å²) in [6.07, 6.45) is 8.10. The molecule has 4 aliphatic rings. The number of aromatic amines is 2. The standard InChI is InChI=1S/C44H54N8O6/c1-23(2)37(49-43(55)57-5)41(53)51-33(17-15-29-19-35(29)51)39-45-21-31(47-39)27-11-7-25(8-12-27)26-9-13-28(14-10-26)32-22-46-40(48-32)34-18-16-30-20-36(30)52(34)42(54)38(24(3)4)50-44(56)58-6/h7-14,21-24,29-30,33-38H,15-20H2,1-6H3,(H,45,47)(H,46,48)(H,49,55)(H,50,56). The van der Waals surface area contributed by atoms with E-state index in [2.05, 4.69) is 69.1 Å². The quantitative estimate of drug-likeness (QED) is 0.126. The molecule has 8 atom stereocenters. The van der Waals surface area contributed by atoms with Crippen LogP contribution in [0.1, 0.15) is 90.0 Å². The third-order valence-corrected chi connectivity index (χ3v) is 12.6. The van der Waals surface area contributed by atoms with Crippen molar-refractivity contribution in [2.75, 3.05) is 14.2 Å². The highest BCUT2D eigenvalue weighted by atomic mass is 16.5. The number of nitrogens with one attached hydrogen (secondary N) is 4. The topological polar surface area (TPSA) is 175 Å². The third-order valence-electron chi connectivity index (χ3n) is 12.6. The van der Waals surface area contributed by atoms with Gasteiger partial charge in [-0.2, -0.15) is 0 Å². The molecule has 4 fully saturated rings. The molecule has 14 heteroatoms. The highest BCUT2D eigenvalue weighted by Gasteiger charge is 2.53. The van der Waals surface area contributed by atoms with E-state index in [1.807, 2.05) is 49.9 Å². The van der Waals surface area contributed by atoms with Gasteiger partial charge in [0.15, 0.2) is 0 Å². The van der Waals surface area contributed by atoms with Crippen LogP contribution in [0.2, 0.25) is 0 Å². The van der Waals surface area contributed by atoms with Gasteiger partial charge in [0.05, 0.1) is 50.1 Å². The number of hydrogen-bond donors (Lipinski definition) is 4. The first-order valence-corrected chi connectivity index (χ1v) is 20.6.